The molecule has 5 nitrogen and oxygen atoms in total. The van der Waals surface area contributed by atoms with Gasteiger partial charge in [-0.1, -0.05) is 18.2 Å². The maximum atomic E-state index is 12.2. The molecule has 1 saturated heterocycles. The Morgan fingerprint density at radius 3 is 2.86 bits per heavy atom. The van der Waals surface area contributed by atoms with Gasteiger partial charge in [0.05, 0.1) is 23.6 Å². The number of nitrogens with zero attached hydrogens (tertiary/aromatic N) is 1. The van der Waals surface area contributed by atoms with E-state index < -0.39 is 15.4 Å². The number of hydrogen-bond donors (Lipinski definition) is 1. The Hall–Kier alpha value is -1.56. The van der Waals surface area contributed by atoms with Crippen molar-refractivity contribution in [1.82, 2.24) is 5.32 Å². The Morgan fingerprint density at radius 2 is 2.14 bits per heavy atom. The monoisotopic (exact) mass is 308 g/mol. The number of anilines is 1. The minimum Gasteiger partial charge on any atom is -0.362 e. The summed E-state index contributed by atoms with van der Waals surface area (Å²) in [6.07, 6.45) is 1.45. The van der Waals surface area contributed by atoms with Gasteiger partial charge in [0, 0.05) is 12.2 Å². The molecule has 3 rings (SSSR count). The van der Waals surface area contributed by atoms with E-state index in [1.54, 1.807) is 0 Å². The van der Waals surface area contributed by atoms with Crippen molar-refractivity contribution in [3.05, 3.63) is 29.8 Å². The second-order valence-corrected chi connectivity index (χ2v) is 8.44. The van der Waals surface area contributed by atoms with Gasteiger partial charge >= 0.3 is 0 Å². The van der Waals surface area contributed by atoms with E-state index in [1.807, 2.05) is 25.1 Å². The van der Waals surface area contributed by atoms with Gasteiger partial charge in [-0.2, -0.15) is 0 Å². The van der Waals surface area contributed by atoms with Crippen molar-refractivity contribution >= 4 is 21.4 Å². The van der Waals surface area contributed by atoms with Crippen molar-refractivity contribution in [2.45, 2.75) is 25.3 Å². The highest BCUT2D eigenvalue weighted by Crippen LogP contribution is 2.27. The second-order valence-electron chi connectivity index (χ2n) is 6.25. The lowest BCUT2D eigenvalue weighted by Crippen LogP contribution is -2.50. The van der Waals surface area contributed by atoms with Crippen LogP contribution in [0.2, 0.25) is 0 Å². The third kappa shape index (κ3) is 3.05. The molecule has 1 atom stereocenters. The van der Waals surface area contributed by atoms with Crippen LogP contribution < -0.4 is 10.2 Å². The van der Waals surface area contributed by atoms with Gasteiger partial charge in [0.15, 0.2) is 9.84 Å². The number of benzene rings is 1. The van der Waals surface area contributed by atoms with Crippen molar-refractivity contribution in [2.75, 3.05) is 29.5 Å². The summed E-state index contributed by atoms with van der Waals surface area (Å²) in [5.74, 6) is 0.102. The third-order valence-corrected chi connectivity index (χ3v) is 6.17. The maximum Gasteiger partial charge on any atom is 0.239 e. The van der Waals surface area contributed by atoms with Crippen molar-refractivity contribution < 1.29 is 13.2 Å². The molecule has 114 valence electrons. The molecule has 21 heavy (non-hydrogen) atoms. The first-order valence-electron chi connectivity index (χ1n) is 7.21. The van der Waals surface area contributed by atoms with E-state index >= 15 is 0 Å². The van der Waals surface area contributed by atoms with Crippen LogP contribution in [0.3, 0.4) is 0 Å². The molecule has 1 amide bonds. The highest BCUT2D eigenvalue weighted by Gasteiger charge is 2.39. The van der Waals surface area contributed by atoms with Gasteiger partial charge < -0.3 is 10.2 Å². The average molecular weight is 308 g/mol. The summed E-state index contributed by atoms with van der Waals surface area (Å²) in [5, 5.41) is 2.91. The molecule has 2 aliphatic rings. The summed E-state index contributed by atoms with van der Waals surface area (Å²) in [7, 11) is -3.00. The van der Waals surface area contributed by atoms with Crippen molar-refractivity contribution in [2.24, 2.45) is 0 Å². The molecule has 1 N–H and O–H groups in total. The molecule has 0 bridgehead atoms. The highest BCUT2D eigenvalue weighted by atomic mass is 32.2. The lowest BCUT2D eigenvalue weighted by Gasteiger charge is -2.26. The van der Waals surface area contributed by atoms with Crippen LogP contribution in [0.4, 0.5) is 5.69 Å². The van der Waals surface area contributed by atoms with Gasteiger partial charge in [-0.3, -0.25) is 4.79 Å². The summed E-state index contributed by atoms with van der Waals surface area (Å²) in [6.45, 7) is 2.93. The molecule has 1 fully saturated rings. The van der Waals surface area contributed by atoms with E-state index in [2.05, 4.69) is 16.3 Å². The number of nitrogens with one attached hydrogen (secondary N) is 1. The normalized spacial score (nSPS) is 26.6. The average Bonchev–Trinajstić information content (AvgIpc) is 2.91. The summed E-state index contributed by atoms with van der Waals surface area (Å²) in [6, 6.07) is 8.09. The molecule has 0 aromatic heterocycles. The quantitative estimate of drug-likeness (QED) is 0.894. The fourth-order valence-corrected chi connectivity index (χ4v) is 5.32. The zero-order valence-corrected chi connectivity index (χ0v) is 12.9. The zero-order valence-electron chi connectivity index (χ0n) is 12.1. The van der Waals surface area contributed by atoms with E-state index in [-0.39, 0.29) is 24.0 Å². The Morgan fingerprint density at radius 1 is 1.38 bits per heavy atom. The number of sulfone groups is 1. The molecule has 6 heteroatoms. The Bertz CT molecular complexity index is 671. The minimum absolute atomic E-state index is 0.0440. The van der Waals surface area contributed by atoms with Crippen LogP contribution >= 0.6 is 0 Å². The van der Waals surface area contributed by atoms with Crippen LogP contribution in [0.15, 0.2) is 24.3 Å². The Kier molecular flexibility index (Phi) is 3.43. The molecule has 2 heterocycles. The number of carbonyl (C=O) groups excluding carboxylic acids is 1. The van der Waals surface area contributed by atoms with E-state index in [1.165, 1.54) is 5.56 Å². The lowest BCUT2D eigenvalue weighted by atomic mass is 10.0. The van der Waals surface area contributed by atoms with E-state index in [9.17, 15) is 13.2 Å². The number of rotatable bonds is 3. The van der Waals surface area contributed by atoms with Gasteiger partial charge in [0.25, 0.3) is 0 Å². The maximum absolute atomic E-state index is 12.2. The smallest absolute Gasteiger partial charge is 0.239 e. The first-order chi connectivity index (χ1) is 9.87. The summed E-state index contributed by atoms with van der Waals surface area (Å²) in [4.78, 5) is 14.3. The number of hydrogen-bond acceptors (Lipinski definition) is 4. The first-order valence-corrected chi connectivity index (χ1v) is 9.03. The molecule has 0 spiro atoms. The molecule has 0 unspecified atom stereocenters. The van der Waals surface area contributed by atoms with Gasteiger partial charge in [0.1, 0.15) is 0 Å². The zero-order chi connectivity index (χ0) is 15.1. The Labute approximate surface area is 125 Å². The predicted octanol–water partition coefficient (Wildman–Crippen LogP) is 0.742. The van der Waals surface area contributed by atoms with E-state index in [0.717, 1.165) is 18.7 Å². The number of para-hydroxylation sites is 1. The largest absolute Gasteiger partial charge is 0.362 e. The van der Waals surface area contributed by atoms with Crippen LogP contribution in [0, 0.1) is 0 Å². The first kappa shape index (κ1) is 14.4. The molecular weight excluding hydrogens is 288 g/mol. The van der Waals surface area contributed by atoms with Gasteiger partial charge in [-0.15, -0.1) is 0 Å². The minimum atomic E-state index is -3.00. The van der Waals surface area contributed by atoms with Crippen LogP contribution in [0.1, 0.15) is 18.9 Å². The molecule has 2 aliphatic heterocycles. The summed E-state index contributed by atoms with van der Waals surface area (Å²) in [5.41, 5.74) is 1.76. The second kappa shape index (κ2) is 5.02. The van der Waals surface area contributed by atoms with Crippen molar-refractivity contribution in [3.63, 3.8) is 0 Å². The topological polar surface area (TPSA) is 66.5 Å². The molecule has 1 aromatic carbocycles. The van der Waals surface area contributed by atoms with Crippen LogP contribution in [-0.2, 0) is 21.1 Å². The summed E-state index contributed by atoms with van der Waals surface area (Å²) < 4.78 is 23.1. The van der Waals surface area contributed by atoms with E-state index in [4.69, 9.17) is 0 Å². The van der Waals surface area contributed by atoms with Crippen molar-refractivity contribution in [3.8, 4) is 0 Å². The van der Waals surface area contributed by atoms with Crippen LogP contribution in [0.25, 0.3) is 0 Å². The van der Waals surface area contributed by atoms with Gasteiger partial charge in [0.2, 0.25) is 5.91 Å². The lowest BCUT2D eigenvalue weighted by molar-refractivity contribution is -0.121. The Balaban J connectivity index is 1.63. The molecule has 0 aliphatic carbocycles. The number of amides is 1. The van der Waals surface area contributed by atoms with Gasteiger partial charge in [-0.25, -0.2) is 8.42 Å². The highest BCUT2D eigenvalue weighted by molar-refractivity contribution is 7.91. The SMILES string of the molecule is C[C@@]1(NC(=O)CN2CCc3ccccc32)CCS(=O)(=O)C1. The van der Waals surface area contributed by atoms with E-state index in [0.29, 0.717) is 6.42 Å². The van der Waals surface area contributed by atoms with Crippen LogP contribution in [-0.4, -0.2) is 44.5 Å². The van der Waals surface area contributed by atoms with Gasteiger partial charge in [-0.05, 0) is 31.4 Å². The number of fused-ring (bicyclic) bond motifs is 1. The standard InChI is InChI=1S/C15H20N2O3S/c1-15(7-9-21(19,20)11-15)16-14(18)10-17-8-6-12-4-2-3-5-13(12)17/h2-5H,6-11H2,1H3,(H,16,18)/t15-/m1/s1. The third-order valence-electron chi connectivity index (χ3n) is 4.26. The number of carbonyl (C=O) groups is 1. The molecule has 0 saturated carbocycles. The van der Waals surface area contributed by atoms with Crippen LogP contribution in [0.5, 0.6) is 0 Å². The fraction of sp³-hybridized carbons (Fsp3) is 0.533. The predicted molar refractivity (Wildman–Crippen MR) is 82.2 cm³/mol. The van der Waals surface area contributed by atoms with Crippen molar-refractivity contribution in [1.29, 1.82) is 0 Å². The molecular formula is C15H20N2O3S. The molecule has 1 aromatic rings. The fourth-order valence-electron chi connectivity index (χ4n) is 3.23. The molecule has 0 radical (unpaired) electrons. The summed E-state index contributed by atoms with van der Waals surface area (Å²) >= 11 is 0.